The maximum Gasteiger partial charge on any atom is 0.261 e. The number of unbranched alkanes of at least 4 members (excludes halogenated alkanes) is 3. The highest BCUT2D eigenvalue weighted by Crippen LogP contribution is 2.23. The van der Waals surface area contributed by atoms with Crippen molar-refractivity contribution in [2.45, 2.75) is 63.9 Å². The number of rotatable bonds is 21. The number of benzene rings is 2. The number of nitrogens with one attached hydrogen (secondary N) is 1. The first-order valence-corrected chi connectivity index (χ1v) is 16.0. The van der Waals surface area contributed by atoms with Gasteiger partial charge in [0.15, 0.2) is 0 Å². The van der Waals surface area contributed by atoms with Gasteiger partial charge in [-0.05, 0) is 89.0 Å². The van der Waals surface area contributed by atoms with Crippen LogP contribution in [0.2, 0.25) is 0 Å². The number of aliphatic hydroxyl groups is 2. The molecule has 0 saturated heterocycles. The van der Waals surface area contributed by atoms with E-state index < -0.39 is 0 Å². The monoisotopic (exact) mass is 606 g/mol. The summed E-state index contributed by atoms with van der Waals surface area (Å²) in [5, 5.41) is 22.9. The average molecular weight is 607 g/mol. The molecule has 2 aliphatic heterocycles. The zero-order chi connectivity index (χ0) is 31.3. The van der Waals surface area contributed by atoms with E-state index in [1.165, 1.54) is 9.80 Å². The highest BCUT2D eigenvalue weighted by Gasteiger charge is 2.35. The van der Waals surface area contributed by atoms with Crippen molar-refractivity contribution in [2.24, 2.45) is 0 Å². The maximum absolute atomic E-state index is 12.6. The Morgan fingerprint density at radius 3 is 1.61 bits per heavy atom. The second-order valence-electron chi connectivity index (χ2n) is 11.6. The zero-order valence-corrected chi connectivity index (χ0v) is 25.6. The van der Waals surface area contributed by atoms with Crippen LogP contribution in [-0.4, -0.2) is 107 Å². The number of carbonyl (C=O) groups excluding carboxylic acids is 4. The molecule has 2 aromatic carbocycles. The minimum Gasteiger partial charge on any atom is -0.396 e. The lowest BCUT2D eigenvalue weighted by atomic mass is 10.1. The summed E-state index contributed by atoms with van der Waals surface area (Å²) in [5.41, 5.74) is 1.91. The molecule has 0 spiro atoms. The van der Waals surface area contributed by atoms with Crippen molar-refractivity contribution in [1.29, 1.82) is 0 Å². The summed E-state index contributed by atoms with van der Waals surface area (Å²) in [6.07, 6.45) is 7.17. The van der Waals surface area contributed by atoms with E-state index in [0.29, 0.717) is 74.1 Å². The summed E-state index contributed by atoms with van der Waals surface area (Å²) in [4.78, 5) is 55.0. The number of hydrogen-bond acceptors (Lipinski definition) is 8. The highest BCUT2D eigenvalue weighted by molar-refractivity contribution is 6.22. The summed E-state index contributed by atoms with van der Waals surface area (Å²) in [6.45, 7) is 4.70. The molecule has 0 radical (unpaired) electrons. The molecule has 3 N–H and O–H groups in total. The molecule has 44 heavy (non-hydrogen) atoms. The van der Waals surface area contributed by atoms with Crippen LogP contribution in [0.15, 0.2) is 48.5 Å². The summed E-state index contributed by atoms with van der Waals surface area (Å²) in [6, 6.07) is 13.9. The molecule has 1 unspecified atom stereocenters. The van der Waals surface area contributed by atoms with Crippen LogP contribution in [0.5, 0.6) is 0 Å². The molecule has 2 aliphatic rings. The highest BCUT2D eigenvalue weighted by atomic mass is 16.3. The largest absolute Gasteiger partial charge is 0.396 e. The van der Waals surface area contributed by atoms with Gasteiger partial charge in [0.2, 0.25) is 0 Å². The molecular weight excluding hydrogens is 560 g/mol. The molecule has 0 saturated carbocycles. The van der Waals surface area contributed by atoms with Crippen molar-refractivity contribution in [1.82, 2.24) is 20.0 Å². The van der Waals surface area contributed by atoms with Gasteiger partial charge in [-0.3, -0.25) is 29.0 Å². The molecular formula is C34H46N4O6. The van der Waals surface area contributed by atoms with E-state index >= 15 is 0 Å². The molecule has 4 amide bonds. The Morgan fingerprint density at radius 1 is 0.591 bits per heavy atom. The van der Waals surface area contributed by atoms with Crippen LogP contribution in [0.3, 0.4) is 0 Å². The summed E-state index contributed by atoms with van der Waals surface area (Å²) >= 11 is 0. The van der Waals surface area contributed by atoms with Crippen LogP contribution in [0.1, 0.15) is 99.2 Å². The molecule has 0 aliphatic carbocycles. The first-order valence-electron chi connectivity index (χ1n) is 16.0. The van der Waals surface area contributed by atoms with Gasteiger partial charge in [0.05, 0.1) is 28.4 Å². The molecule has 10 nitrogen and oxygen atoms in total. The molecule has 0 bridgehead atoms. The molecule has 0 fully saturated rings. The number of carbonyl (C=O) groups is 4. The Balaban J connectivity index is 1.01. The van der Waals surface area contributed by atoms with Crippen molar-refractivity contribution in [3.05, 3.63) is 70.8 Å². The van der Waals surface area contributed by atoms with Crippen molar-refractivity contribution in [3.63, 3.8) is 0 Å². The summed E-state index contributed by atoms with van der Waals surface area (Å²) in [7, 11) is 0. The van der Waals surface area contributed by atoms with Gasteiger partial charge in [-0.1, -0.05) is 43.5 Å². The van der Waals surface area contributed by atoms with E-state index in [2.05, 4.69) is 10.2 Å². The number of fused-ring (bicyclic) bond motifs is 2. The third kappa shape index (κ3) is 8.81. The SMILES string of the molecule is O=C1c2ccccc2C(=O)N1CCCNCCC(O)CCCCCCN(CCCO)CCCN1C(=O)c2ccccc2C1=O. The van der Waals surface area contributed by atoms with Gasteiger partial charge in [-0.25, -0.2) is 0 Å². The van der Waals surface area contributed by atoms with E-state index in [4.69, 9.17) is 0 Å². The standard InChI is InChI=1S/C34H46N4O6/c39-25-11-22-36(21-10-24-38-33(43)29-15-6-7-16-30(29)34(38)44)20-8-2-1-3-12-26(40)17-19-35-18-9-23-37-31(41)27-13-4-5-14-28(27)32(37)42/h4-7,13-16,26,35,39-40H,1-3,8-12,17-25H2. The molecule has 10 heteroatoms. The Morgan fingerprint density at radius 2 is 1.07 bits per heavy atom. The summed E-state index contributed by atoms with van der Waals surface area (Å²) < 4.78 is 0. The van der Waals surface area contributed by atoms with Crippen molar-refractivity contribution < 1.29 is 29.4 Å². The molecule has 2 aromatic rings. The fraction of sp³-hybridized carbons (Fsp3) is 0.529. The number of imide groups is 2. The second kappa shape index (κ2) is 17.2. The molecule has 1 atom stereocenters. The molecule has 2 heterocycles. The van der Waals surface area contributed by atoms with Crippen LogP contribution in [0, 0.1) is 0 Å². The molecule has 0 aromatic heterocycles. The smallest absolute Gasteiger partial charge is 0.261 e. The van der Waals surface area contributed by atoms with Gasteiger partial charge in [-0.15, -0.1) is 0 Å². The fourth-order valence-corrected chi connectivity index (χ4v) is 5.94. The van der Waals surface area contributed by atoms with E-state index in [0.717, 1.165) is 51.7 Å². The van der Waals surface area contributed by atoms with Crippen molar-refractivity contribution in [2.75, 3.05) is 52.4 Å². The van der Waals surface area contributed by atoms with Gasteiger partial charge < -0.3 is 20.4 Å². The van der Waals surface area contributed by atoms with Crippen LogP contribution in [0.25, 0.3) is 0 Å². The Labute approximate surface area is 260 Å². The molecule has 238 valence electrons. The van der Waals surface area contributed by atoms with E-state index in [1.807, 2.05) is 0 Å². The van der Waals surface area contributed by atoms with Crippen molar-refractivity contribution in [3.8, 4) is 0 Å². The zero-order valence-electron chi connectivity index (χ0n) is 25.6. The summed E-state index contributed by atoms with van der Waals surface area (Å²) in [5.74, 6) is -0.882. The predicted molar refractivity (Wildman–Crippen MR) is 168 cm³/mol. The van der Waals surface area contributed by atoms with Gasteiger partial charge in [0, 0.05) is 26.2 Å². The van der Waals surface area contributed by atoms with Gasteiger partial charge in [0.1, 0.15) is 0 Å². The van der Waals surface area contributed by atoms with Gasteiger partial charge in [-0.2, -0.15) is 0 Å². The van der Waals surface area contributed by atoms with Crippen LogP contribution in [0.4, 0.5) is 0 Å². The normalized spacial score (nSPS) is 15.1. The van der Waals surface area contributed by atoms with E-state index in [1.54, 1.807) is 48.5 Å². The van der Waals surface area contributed by atoms with Crippen LogP contribution >= 0.6 is 0 Å². The topological polar surface area (TPSA) is 130 Å². The minimum atomic E-state index is -0.359. The van der Waals surface area contributed by atoms with Gasteiger partial charge in [0.25, 0.3) is 23.6 Å². The lowest BCUT2D eigenvalue weighted by Crippen LogP contribution is -2.34. The number of hydrogen-bond donors (Lipinski definition) is 3. The number of nitrogens with zero attached hydrogens (tertiary/aromatic N) is 3. The predicted octanol–water partition coefficient (Wildman–Crippen LogP) is 3.33. The van der Waals surface area contributed by atoms with Crippen LogP contribution < -0.4 is 5.32 Å². The average Bonchev–Trinajstić information content (AvgIpc) is 3.43. The van der Waals surface area contributed by atoms with E-state index in [9.17, 15) is 29.4 Å². The lowest BCUT2D eigenvalue weighted by molar-refractivity contribution is 0.0634. The van der Waals surface area contributed by atoms with Gasteiger partial charge >= 0.3 is 0 Å². The minimum absolute atomic E-state index is 0.133. The Kier molecular flexibility index (Phi) is 13.0. The fourth-order valence-electron chi connectivity index (χ4n) is 5.94. The quantitative estimate of drug-likeness (QED) is 0.146. The Bertz CT molecular complexity index is 1210. The lowest BCUT2D eigenvalue weighted by Gasteiger charge is -2.23. The Hall–Kier alpha value is -3.44. The number of amides is 4. The number of aliphatic hydroxyl groups excluding tert-OH is 2. The third-order valence-electron chi connectivity index (χ3n) is 8.40. The molecule has 4 rings (SSSR count). The second-order valence-corrected chi connectivity index (χ2v) is 11.6. The first-order chi connectivity index (χ1) is 21.4. The van der Waals surface area contributed by atoms with E-state index in [-0.39, 0.29) is 36.3 Å². The van der Waals surface area contributed by atoms with Crippen molar-refractivity contribution >= 4 is 23.6 Å². The maximum atomic E-state index is 12.6. The third-order valence-corrected chi connectivity index (χ3v) is 8.40. The van der Waals surface area contributed by atoms with Crippen LogP contribution in [-0.2, 0) is 0 Å². The first kappa shape index (κ1) is 33.5.